The first-order valence-electron chi connectivity index (χ1n) is 6.00. The summed E-state index contributed by atoms with van der Waals surface area (Å²) >= 11 is 0. The molecular weight excluding hydrogens is 303 g/mol. The van der Waals surface area contributed by atoms with E-state index in [-0.39, 0.29) is 5.88 Å². The smallest absolute Gasteiger partial charge is 0.417 e. The second kappa shape index (κ2) is 6.33. The number of ether oxygens (including phenoxy) is 2. The molecule has 0 radical (unpaired) electrons. The Morgan fingerprint density at radius 2 is 1.73 bits per heavy atom. The number of rotatable bonds is 5. The third-order valence-corrected chi connectivity index (χ3v) is 2.47. The van der Waals surface area contributed by atoms with Gasteiger partial charge < -0.3 is 14.6 Å². The minimum Gasteiger partial charge on any atom is -0.482 e. The Labute approximate surface area is 122 Å². The molecule has 0 atom stereocenters. The summed E-state index contributed by atoms with van der Waals surface area (Å²) in [4.78, 5) is 13.9. The summed E-state index contributed by atoms with van der Waals surface area (Å²) in [7, 11) is 0. The van der Waals surface area contributed by atoms with Gasteiger partial charge in [0.2, 0.25) is 5.88 Å². The molecule has 0 aliphatic carbocycles. The zero-order valence-corrected chi connectivity index (χ0v) is 11.0. The van der Waals surface area contributed by atoms with E-state index >= 15 is 0 Å². The van der Waals surface area contributed by atoms with Gasteiger partial charge in [-0.05, 0) is 30.3 Å². The highest BCUT2D eigenvalue weighted by Crippen LogP contribution is 2.30. The van der Waals surface area contributed by atoms with Crippen LogP contribution in [0.25, 0.3) is 0 Å². The minimum atomic E-state index is -4.45. The molecule has 0 fully saturated rings. The first-order valence-corrected chi connectivity index (χ1v) is 6.00. The largest absolute Gasteiger partial charge is 0.482 e. The van der Waals surface area contributed by atoms with Crippen molar-refractivity contribution in [1.82, 2.24) is 4.98 Å². The fraction of sp³-hybridized carbons (Fsp3) is 0.143. The SMILES string of the molecule is O=C(O)COc1ccc(Oc2ccc(C(F)(F)F)cn2)cc1. The number of hydrogen-bond acceptors (Lipinski definition) is 4. The maximum absolute atomic E-state index is 12.4. The fourth-order valence-electron chi connectivity index (χ4n) is 1.48. The maximum Gasteiger partial charge on any atom is 0.417 e. The number of pyridine rings is 1. The molecule has 0 saturated heterocycles. The first kappa shape index (κ1) is 15.6. The number of benzene rings is 1. The van der Waals surface area contributed by atoms with Crippen LogP contribution in [0.1, 0.15) is 5.56 Å². The molecule has 2 rings (SSSR count). The summed E-state index contributed by atoms with van der Waals surface area (Å²) in [5.74, 6) is -0.438. The first-order chi connectivity index (χ1) is 10.3. The maximum atomic E-state index is 12.4. The van der Waals surface area contributed by atoms with Gasteiger partial charge in [-0.3, -0.25) is 0 Å². The molecule has 0 aliphatic heterocycles. The van der Waals surface area contributed by atoms with E-state index in [1.54, 1.807) is 0 Å². The Hall–Kier alpha value is -2.77. The number of aliphatic carboxylic acids is 1. The monoisotopic (exact) mass is 313 g/mol. The molecule has 0 bridgehead atoms. The average molecular weight is 313 g/mol. The standard InChI is InChI=1S/C14H10F3NO4/c15-14(16,17)9-1-6-12(18-7-9)22-11-4-2-10(3-5-11)21-8-13(19)20/h1-7H,8H2,(H,19,20). The molecule has 116 valence electrons. The molecule has 8 heteroatoms. The number of carbonyl (C=O) groups is 1. The van der Waals surface area contributed by atoms with Crippen molar-refractivity contribution in [2.45, 2.75) is 6.18 Å². The molecule has 1 heterocycles. The van der Waals surface area contributed by atoms with E-state index in [0.29, 0.717) is 17.7 Å². The van der Waals surface area contributed by atoms with E-state index in [2.05, 4.69) is 4.98 Å². The Morgan fingerprint density at radius 3 is 2.23 bits per heavy atom. The van der Waals surface area contributed by atoms with Crippen LogP contribution in [0, 0.1) is 0 Å². The van der Waals surface area contributed by atoms with Crippen molar-refractivity contribution in [2.75, 3.05) is 6.61 Å². The Kier molecular flexibility index (Phi) is 4.50. The molecular formula is C14H10F3NO4. The summed E-state index contributed by atoms with van der Waals surface area (Å²) in [5, 5.41) is 8.47. The molecule has 5 nitrogen and oxygen atoms in total. The van der Waals surface area contributed by atoms with Crippen molar-refractivity contribution in [3.8, 4) is 17.4 Å². The van der Waals surface area contributed by atoms with Gasteiger partial charge in [-0.1, -0.05) is 0 Å². The van der Waals surface area contributed by atoms with Crippen molar-refractivity contribution in [2.24, 2.45) is 0 Å². The minimum absolute atomic E-state index is 0.00667. The zero-order chi connectivity index (χ0) is 16.2. The third-order valence-electron chi connectivity index (χ3n) is 2.47. The van der Waals surface area contributed by atoms with Gasteiger partial charge in [0.15, 0.2) is 6.61 Å². The van der Waals surface area contributed by atoms with Crippen LogP contribution in [0.4, 0.5) is 13.2 Å². The van der Waals surface area contributed by atoms with Crippen molar-refractivity contribution < 1.29 is 32.5 Å². The van der Waals surface area contributed by atoms with Crippen LogP contribution in [-0.4, -0.2) is 22.7 Å². The molecule has 1 N–H and O–H groups in total. The van der Waals surface area contributed by atoms with E-state index in [1.165, 1.54) is 24.3 Å². The Bertz CT molecular complexity index is 639. The van der Waals surface area contributed by atoms with Crippen LogP contribution in [-0.2, 0) is 11.0 Å². The van der Waals surface area contributed by atoms with Gasteiger partial charge in [-0.2, -0.15) is 13.2 Å². The molecule has 2 aromatic rings. The Balaban J connectivity index is 2.00. The van der Waals surface area contributed by atoms with Crippen LogP contribution < -0.4 is 9.47 Å². The molecule has 1 aromatic carbocycles. The topological polar surface area (TPSA) is 68.7 Å². The molecule has 0 saturated carbocycles. The number of aromatic nitrogens is 1. The summed E-state index contributed by atoms with van der Waals surface area (Å²) < 4.78 is 47.4. The zero-order valence-electron chi connectivity index (χ0n) is 11.0. The lowest BCUT2D eigenvalue weighted by Gasteiger charge is -2.08. The lowest BCUT2D eigenvalue weighted by molar-refractivity contribution is -0.139. The molecule has 0 aliphatic rings. The summed E-state index contributed by atoms with van der Waals surface area (Å²) in [6.07, 6.45) is -3.77. The average Bonchev–Trinajstić information content (AvgIpc) is 2.46. The number of hydrogen-bond donors (Lipinski definition) is 1. The Morgan fingerprint density at radius 1 is 1.09 bits per heavy atom. The van der Waals surface area contributed by atoms with Crippen LogP contribution in [0.2, 0.25) is 0 Å². The van der Waals surface area contributed by atoms with E-state index < -0.39 is 24.3 Å². The van der Waals surface area contributed by atoms with Crippen molar-refractivity contribution in [3.05, 3.63) is 48.2 Å². The van der Waals surface area contributed by atoms with Crippen LogP contribution >= 0.6 is 0 Å². The van der Waals surface area contributed by atoms with E-state index in [1.807, 2.05) is 0 Å². The third kappa shape index (κ3) is 4.37. The van der Waals surface area contributed by atoms with Gasteiger partial charge in [0.25, 0.3) is 0 Å². The quantitative estimate of drug-likeness (QED) is 0.916. The van der Waals surface area contributed by atoms with Crippen LogP contribution in [0.15, 0.2) is 42.6 Å². The normalized spacial score (nSPS) is 11.0. The lowest BCUT2D eigenvalue weighted by atomic mass is 10.3. The van der Waals surface area contributed by atoms with E-state index in [0.717, 1.165) is 12.1 Å². The number of halogens is 3. The molecule has 22 heavy (non-hydrogen) atoms. The number of alkyl halides is 3. The molecule has 0 unspecified atom stereocenters. The van der Waals surface area contributed by atoms with Gasteiger partial charge in [-0.15, -0.1) is 0 Å². The second-order valence-corrected chi connectivity index (χ2v) is 4.14. The summed E-state index contributed by atoms with van der Waals surface area (Å²) in [6, 6.07) is 7.89. The van der Waals surface area contributed by atoms with Crippen molar-refractivity contribution >= 4 is 5.97 Å². The van der Waals surface area contributed by atoms with Gasteiger partial charge >= 0.3 is 12.1 Å². The highest BCUT2D eigenvalue weighted by molar-refractivity contribution is 5.68. The second-order valence-electron chi connectivity index (χ2n) is 4.14. The van der Waals surface area contributed by atoms with Crippen LogP contribution in [0.5, 0.6) is 17.4 Å². The van der Waals surface area contributed by atoms with Crippen molar-refractivity contribution in [1.29, 1.82) is 0 Å². The van der Waals surface area contributed by atoms with Gasteiger partial charge in [-0.25, -0.2) is 9.78 Å². The number of carboxylic acid groups (broad SMARTS) is 1. The summed E-state index contributed by atoms with van der Waals surface area (Å²) in [6.45, 7) is -0.472. The predicted octanol–water partition coefficient (Wildman–Crippen LogP) is 3.36. The molecule has 1 aromatic heterocycles. The van der Waals surface area contributed by atoms with Gasteiger partial charge in [0.1, 0.15) is 11.5 Å². The van der Waals surface area contributed by atoms with E-state index in [4.69, 9.17) is 14.6 Å². The van der Waals surface area contributed by atoms with Gasteiger partial charge in [0, 0.05) is 12.3 Å². The lowest BCUT2D eigenvalue weighted by Crippen LogP contribution is -2.09. The number of carboxylic acids is 1. The fourth-order valence-corrected chi connectivity index (χ4v) is 1.48. The predicted molar refractivity (Wildman–Crippen MR) is 68.9 cm³/mol. The summed E-state index contributed by atoms with van der Waals surface area (Å²) in [5.41, 5.74) is -0.864. The van der Waals surface area contributed by atoms with Crippen molar-refractivity contribution in [3.63, 3.8) is 0 Å². The number of nitrogens with zero attached hydrogens (tertiary/aromatic N) is 1. The van der Waals surface area contributed by atoms with E-state index in [9.17, 15) is 18.0 Å². The molecule has 0 spiro atoms. The highest BCUT2D eigenvalue weighted by atomic mass is 19.4. The highest BCUT2D eigenvalue weighted by Gasteiger charge is 2.30. The van der Waals surface area contributed by atoms with Crippen LogP contribution in [0.3, 0.4) is 0 Å². The van der Waals surface area contributed by atoms with Gasteiger partial charge in [0.05, 0.1) is 5.56 Å². The molecule has 0 amide bonds.